The van der Waals surface area contributed by atoms with E-state index in [0.29, 0.717) is 5.92 Å². The number of hydrogen-bond acceptors (Lipinski definition) is 3. The Morgan fingerprint density at radius 1 is 1.11 bits per heavy atom. The Bertz CT molecular complexity index is 309. The summed E-state index contributed by atoms with van der Waals surface area (Å²) in [6.07, 6.45) is 1.10. The maximum absolute atomic E-state index is 5.67. The van der Waals surface area contributed by atoms with Crippen LogP contribution in [0.2, 0.25) is 0 Å². The van der Waals surface area contributed by atoms with Gasteiger partial charge in [-0.05, 0) is 30.0 Å². The molecule has 0 saturated heterocycles. The predicted octanol–water partition coefficient (Wildman–Crippen LogP) is 2.85. The normalized spacial score (nSPS) is 10.9. The molecule has 3 nitrogen and oxygen atoms in total. The van der Waals surface area contributed by atoms with Crippen molar-refractivity contribution >= 4 is 0 Å². The molecule has 0 bridgehead atoms. The minimum absolute atomic E-state index is 0.689. The van der Waals surface area contributed by atoms with E-state index in [0.717, 1.165) is 38.5 Å². The Labute approximate surface area is 110 Å². The lowest BCUT2D eigenvalue weighted by molar-refractivity contribution is 0.199. The number of rotatable bonds is 9. The van der Waals surface area contributed by atoms with Crippen molar-refractivity contribution in [2.75, 3.05) is 26.9 Å². The van der Waals surface area contributed by atoms with Crippen LogP contribution in [-0.2, 0) is 11.3 Å². The molecule has 0 aliphatic carbocycles. The predicted molar refractivity (Wildman–Crippen MR) is 75.0 cm³/mol. The standard InChI is InChI=1S/C15H25NO2/c1-13(2)8-10-18-15-6-4-14(5-7-15)12-16-9-11-17-3/h4-7,13,16H,8-12H2,1-3H3. The molecule has 1 aromatic carbocycles. The van der Waals surface area contributed by atoms with Gasteiger partial charge in [-0.3, -0.25) is 0 Å². The summed E-state index contributed by atoms with van der Waals surface area (Å²) in [5.74, 6) is 1.64. The average molecular weight is 251 g/mol. The molecule has 0 atom stereocenters. The molecule has 0 fully saturated rings. The third-order valence-corrected chi connectivity index (χ3v) is 2.70. The summed E-state index contributed by atoms with van der Waals surface area (Å²) in [5, 5.41) is 3.31. The Hall–Kier alpha value is -1.06. The zero-order valence-electron chi connectivity index (χ0n) is 11.7. The second kappa shape index (κ2) is 8.95. The van der Waals surface area contributed by atoms with Crippen LogP contribution in [0, 0.1) is 5.92 Å². The van der Waals surface area contributed by atoms with Crippen LogP contribution in [0.5, 0.6) is 5.75 Å². The van der Waals surface area contributed by atoms with Crippen molar-refractivity contribution in [3.63, 3.8) is 0 Å². The van der Waals surface area contributed by atoms with E-state index >= 15 is 0 Å². The first-order valence-electron chi connectivity index (χ1n) is 6.63. The molecular formula is C15H25NO2. The average Bonchev–Trinajstić information content (AvgIpc) is 2.36. The minimum atomic E-state index is 0.689. The quantitative estimate of drug-likeness (QED) is 0.685. The van der Waals surface area contributed by atoms with Crippen LogP contribution < -0.4 is 10.1 Å². The molecule has 0 spiro atoms. The zero-order chi connectivity index (χ0) is 13.2. The molecule has 1 aromatic rings. The maximum Gasteiger partial charge on any atom is 0.119 e. The highest BCUT2D eigenvalue weighted by Gasteiger charge is 1.97. The molecule has 3 heteroatoms. The molecule has 102 valence electrons. The number of ether oxygens (including phenoxy) is 2. The van der Waals surface area contributed by atoms with Gasteiger partial charge in [0.05, 0.1) is 13.2 Å². The van der Waals surface area contributed by atoms with Crippen molar-refractivity contribution in [3.8, 4) is 5.75 Å². The highest BCUT2D eigenvalue weighted by molar-refractivity contribution is 5.27. The number of nitrogens with one attached hydrogen (secondary N) is 1. The molecule has 0 aliphatic heterocycles. The van der Waals surface area contributed by atoms with Gasteiger partial charge in [0.1, 0.15) is 5.75 Å². The monoisotopic (exact) mass is 251 g/mol. The maximum atomic E-state index is 5.67. The van der Waals surface area contributed by atoms with Crippen LogP contribution in [-0.4, -0.2) is 26.9 Å². The first kappa shape index (κ1) is 15.0. The van der Waals surface area contributed by atoms with Crippen molar-refractivity contribution in [1.82, 2.24) is 5.32 Å². The fraction of sp³-hybridized carbons (Fsp3) is 0.600. The molecule has 0 heterocycles. The van der Waals surface area contributed by atoms with E-state index in [4.69, 9.17) is 9.47 Å². The third-order valence-electron chi connectivity index (χ3n) is 2.70. The molecule has 1 N–H and O–H groups in total. The highest BCUT2D eigenvalue weighted by atomic mass is 16.5. The summed E-state index contributed by atoms with van der Waals surface area (Å²) in [5.41, 5.74) is 1.27. The Morgan fingerprint density at radius 2 is 1.83 bits per heavy atom. The lowest BCUT2D eigenvalue weighted by Gasteiger charge is -2.09. The third kappa shape index (κ3) is 6.62. The second-order valence-corrected chi connectivity index (χ2v) is 4.84. The van der Waals surface area contributed by atoms with E-state index in [-0.39, 0.29) is 0 Å². The van der Waals surface area contributed by atoms with Crippen molar-refractivity contribution in [3.05, 3.63) is 29.8 Å². The van der Waals surface area contributed by atoms with Crippen LogP contribution in [0.15, 0.2) is 24.3 Å². The molecule has 0 radical (unpaired) electrons. The van der Waals surface area contributed by atoms with E-state index in [9.17, 15) is 0 Å². The summed E-state index contributed by atoms with van der Waals surface area (Å²) in [6.45, 7) is 7.70. The Morgan fingerprint density at radius 3 is 2.44 bits per heavy atom. The van der Waals surface area contributed by atoms with Gasteiger partial charge in [0.2, 0.25) is 0 Å². The molecule has 1 rings (SSSR count). The van der Waals surface area contributed by atoms with E-state index in [2.05, 4.69) is 31.3 Å². The van der Waals surface area contributed by atoms with Crippen molar-refractivity contribution < 1.29 is 9.47 Å². The molecule has 18 heavy (non-hydrogen) atoms. The van der Waals surface area contributed by atoms with Crippen LogP contribution in [0.3, 0.4) is 0 Å². The second-order valence-electron chi connectivity index (χ2n) is 4.84. The topological polar surface area (TPSA) is 30.5 Å². The van der Waals surface area contributed by atoms with Gasteiger partial charge in [0.15, 0.2) is 0 Å². The lowest BCUT2D eigenvalue weighted by atomic mass is 10.1. The molecule has 0 aliphatic rings. The van der Waals surface area contributed by atoms with Gasteiger partial charge in [0, 0.05) is 20.2 Å². The summed E-state index contributed by atoms with van der Waals surface area (Å²) < 4.78 is 10.7. The molecular weight excluding hydrogens is 226 g/mol. The number of hydrogen-bond donors (Lipinski definition) is 1. The first-order valence-corrected chi connectivity index (χ1v) is 6.63. The van der Waals surface area contributed by atoms with Gasteiger partial charge in [-0.1, -0.05) is 26.0 Å². The molecule has 0 aromatic heterocycles. The highest BCUT2D eigenvalue weighted by Crippen LogP contribution is 2.13. The summed E-state index contributed by atoms with van der Waals surface area (Å²) in [7, 11) is 1.71. The van der Waals surface area contributed by atoms with Crippen molar-refractivity contribution in [2.24, 2.45) is 5.92 Å². The molecule has 0 amide bonds. The van der Waals surface area contributed by atoms with E-state index in [1.54, 1.807) is 7.11 Å². The van der Waals surface area contributed by atoms with Crippen LogP contribution in [0.1, 0.15) is 25.8 Å². The minimum Gasteiger partial charge on any atom is -0.494 e. The van der Waals surface area contributed by atoms with Gasteiger partial charge in [-0.15, -0.1) is 0 Å². The van der Waals surface area contributed by atoms with Crippen LogP contribution >= 0.6 is 0 Å². The largest absolute Gasteiger partial charge is 0.494 e. The van der Waals surface area contributed by atoms with Crippen LogP contribution in [0.4, 0.5) is 0 Å². The molecule has 0 unspecified atom stereocenters. The summed E-state index contributed by atoms with van der Waals surface area (Å²) >= 11 is 0. The van der Waals surface area contributed by atoms with Crippen molar-refractivity contribution in [2.45, 2.75) is 26.8 Å². The van der Waals surface area contributed by atoms with Gasteiger partial charge < -0.3 is 14.8 Å². The lowest BCUT2D eigenvalue weighted by Crippen LogP contribution is -2.18. The number of benzene rings is 1. The van der Waals surface area contributed by atoms with Gasteiger partial charge >= 0.3 is 0 Å². The number of methoxy groups -OCH3 is 1. The zero-order valence-corrected chi connectivity index (χ0v) is 11.7. The van der Waals surface area contributed by atoms with Gasteiger partial charge in [-0.25, -0.2) is 0 Å². The molecule has 0 saturated carbocycles. The Kier molecular flexibility index (Phi) is 7.46. The van der Waals surface area contributed by atoms with Crippen molar-refractivity contribution in [1.29, 1.82) is 0 Å². The summed E-state index contributed by atoms with van der Waals surface area (Å²) in [4.78, 5) is 0. The van der Waals surface area contributed by atoms with Crippen LogP contribution in [0.25, 0.3) is 0 Å². The van der Waals surface area contributed by atoms with E-state index < -0.39 is 0 Å². The SMILES string of the molecule is COCCNCc1ccc(OCCC(C)C)cc1. The summed E-state index contributed by atoms with van der Waals surface area (Å²) in [6, 6.07) is 8.27. The smallest absolute Gasteiger partial charge is 0.119 e. The van der Waals surface area contributed by atoms with E-state index in [1.165, 1.54) is 5.56 Å². The van der Waals surface area contributed by atoms with Gasteiger partial charge in [0.25, 0.3) is 0 Å². The Balaban J connectivity index is 2.24. The first-order chi connectivity index (χ1) is 8.72. The fourth-order valence-corrected chi connectivity index (χ4v) is 1.52. The van der Waals surface area contributed by atoms with Gasteiger partial charge in [-0.2, -0.15) is 0 Å². The fourth-order valence-electron chi connectivity index (χ4n) is 1.52. The van der Waals surface area contributed by atoms with E-state index in [1.807, 2.05) is 12.1 Å².